The van der Waals surface area contributed by atoms with Crippen LogP contribution >= 0.6 is 7.82 Å². The summed E-state index contributed by atoms with van der Waals surface area (Å²) < 4.78 is 26.9. The number of esters is 1. The second-order valence-electron chi connectivity index (χ2n) is 15.4. The van der Waals surface area contributed by atoms with Crippen molar-refractivity contribution in [3.8, 4) is 0 Å². The quantitative estimate of drug-likeness (QED) is 0.0239. The highest BCUT2D eigenvalue weighted by molar-refractivity contribution is 7.47. The van der Waals surface area contributed by atoms with Crippen molar-refractivity contribution in [2.45, 2.75) is 206 Å². The van der Waals surface area contributed by atoms with Crippen LogP contribution in [0.5, 0.6) is 0 Å². The molecule has 0 spiro atoms. The number of hydrogen-bond acceptors (Lipinski definition) is 7. The van der Waals surface area contributed by atoms with E-state index in [0.29, 0.717) is 6.42 Å². The topological polar surface area (TPSA) is 131 Å². The molecule has 10 heteroatoms. The zero-order valence-electron chi connectivity index (χ0n) is 37.0. The van der Waals surface area contributed by atoms with Crippen molar-refractivity contribution in [2.24, 2.45) is 0 Å². The molecule has 9 nitrogen and oxygen atoms in total. The van der Waals surface area contributed by atoms with E-state index < -0.39 is 26.5 Å². The van der Waals surface area contributed by atoms with E-state index in [1.807, 2.05) is 0 Å². The predicted octanol–water partition coefficient (Wildman–Crippen LogP) is 13.3. The number of ether oxygens (including phenoxy) is 1. The van der Waals surface area contributed by atoms with E-state index in [4.69, 9.17) is 13.8 Å². The molecule has 2 atom stereocenters. The summed E-state index contributed by atoms with van der Waals surface area (Å²) in [6.07, 6.45) is 52.9. The molecule has 0 saturated heterocycles. The molecule has 0 saturated carbocycles. The third-order valence-electron chi connectivity index (χ3n) is 9.67. The first-order valence-electron chi connectivity index (χ1n) is 23.3. The molecule has 0 aliphatic carbocycles. The molecule has 0 rings (SSSR count). The average molecular weight is 836 g/mol. The van der Waals surface area contributed by atoms with Crippen LogP contribution < -0.4 is 5.32 Å². The number of aliphatic hydroxyl groups excluding tert-OH is 1. The normalized spacial score (nSPS) is 13.8. The van der Waals surface area contributed by atoms with Crippen LogP contribution in [0.4, 0.5) is 0 Å². The molecule has 1 amide bonds. The molecule has 0 aromatic carbocycles. The number of allylic oxidation sites excluding steroid dienone is 10. The zero-order chi connectivity index (χ0) is 42.5. The molecule has 336 valence electrons. The van der Waals surface area contributed by atoms with Gasteiger partial charge in [-0.1, -0.05) is 164 Å². The second kappa shape index (κ2) is 44.3. The Bertz CT molecular complexity index is 1130. The van der Waals surface area contributed by atoms with Crippen molar-refractivity contribution in [2.75, 3.05) is 26.4 Å². The van der Waals surface area contributed by atoms with Gasteiger partial charge in [-0.05, 0) is 83.5 Å². The predicted molar refractivity (Wildman–Crippen MR) is 243 cm³/mol. The highest BCUT2D eigenvalue weighted by Gasteiger charge is 2.23. The van der Waals surface area contributed by atoms with Gasteiger partial charge in [-0.15, -0.1) is 0 Å². The lowest BCUT2D eigenvalue weighted by Crippen LogP contribution is -2.27. The van der Waals surface area contributed by atoms with Crippen LogP contribution in [0.1, 0.15) is 200 Å². The fourth-order valence-corrected chi connectivity index (χ4v) is 6.88. The SMILES string of the molecule is CCCCC/C=C\C/C=C\C/C=C\CCCCCCCCCCC(=O)NCCOP(=O)(O)OCC(O)COC(=O)CCCCCCC/C=C\C/C=C\CCCCCC. The number of rotatable bonds is 43. The van der Waals surface area contributed by atoms with Crippen LogP contribution in [-0.4, -0.2) is 54.3 Å². The van der Waals surface area contributed by atoms with E-state index in [-0.39, 0.29) is 32.1 Å². The van der Waals surface area contributed by atoms with Crippen LogP contribution in [0.2, 0.25) is 0 Å². The van der Waals surface area contributed by atoms with E-state index in [1.165, 1.54) is 89.9 Å². The maximum Gasteiger partial charge on any atom is 0.472 e. The number of phosphoric acid groups is 1. The summed E-state index contributed by atoms with van der Waals surface area (Å²) in [5, 5.41) is 12.7. The maximum atomic E-state index is 12.1. The third kappa shape index (κ3) is 44.8. The van der Waals surface area contributed by atoms with Crippen LogP contribution in [0.15, 0.2) is 60.8 Å². The van der Waals surface area contributed by atoms with Crippen LogP contribution in [0.25, 0.3) is 0 Å². The minimum absolute atomic E-state index is 0.0733. The van der Waals surface area contributed by atoms with E-state index in [2.05, 4.69) is 79.9 Å². The Labute approximate surface area is 355 Å². The summed E-state index contributed by atoms with van der Waals surface area (Å²) in [6.45, 7) is 3.49. The number of amides is 1. The number of carbonyl (C=O) groups excluding carboxylic acids is 2. The summed E-state index contributed by atoms with van der Waals surface area (Å²) in [4.78, 5) is 34.0. The Morgan fingerprint density at radius 1 is 0.534 bits per heavy atom. The van der Waals surface area contributed by atoms with Crippen molar-refractivity contribution >= 4 is 19.7 Å². The van der Waals surface area contributed by atoms with Gasteiger partial charge in [0.1, 0.15) is 12.7 Å². The number of nitrogens with one attached hydrogen (secondary N) is 1. The first kappa shape index (κ1) is 55.7. The fraction of sp³-hybridized carbons (Fsp3) is 0.750. The molecule has 0 aliphatic heterocycles. The number of phosphoric ester groups is 1. The molecule has 0 aliphatic rings. The lowest BCUT2D eigenvalue weighted by molar-refractivity contribution is -0.147. The molecular weight excluding hydrogens is 750 g/mol. The van der Waals surface area contributed by atoms with Gasteiger partial charge >= 0.3 is 13.8 Å². The van der Waals surface area contributed by atoms with Gasteiger partial charge in [0.2, 0.25) is 5.91 Å². The molecule has 0 aromatic rings. The lowest BCUT2D eigenvalue weighted by Gasteiger charge is -2.15. The van der Waals surface area contributed by atoms with Gasteiger partial charge in [0.05, 0.1) is 13.2 Å². The average Bonchev–Trinajstić information content (AvgIpc) is 3.21. The fourth-order valence-electron chi connectivity index (χ4n) is 6.12. The van der Waals surface area contributed by atoms with Gasteiger partial charge < -0.3 is 20.1 Å². The van der Waals surface area contributed by atoms with E-state index in [0.717, 1.165) is 83.5 Å². The van der Waals surface area contributed by atoms with Crippen LogP contribution in [-0.2, 0) is 27.9 Å². The van der Waals surface area contributed by atoms with Gasteiger partial charge in [-0.3, -0.25) is 18.6 Å². The highest BCUT2D eigenvalue weighted by atomic mass is 31.2. The molecule has 2 unspecified atom stereocenters. The molecule has 0 heterocycles. The summed E-state index contributed by atoms with van der Waals surface area (Å²) in [6, 6.07) is 0. The molecule has 0 aromatic heterocycles. The smallest absolute Gasteiger partial charge is 0.463 e. The number of carbonyl (C=O) groups is 2. The monoisotopic (exact) mass is 836 g/mol. The summed E-state index contributed by atoms with van der Waals surface area (Å²) >= 11 is 0. The van der Waals surface area contributed by atoms with Gasteiger partial charge in [0.15, 0.2) is 0 Å². The van der Waals surface area contributed by atoms with E-state index >= 15 is 0 Å². The summed E-state index contributed by atoms with van der Waals surface area (Å²) in [5.41, 5.74) is 0. The van der Waals surface area contributed by atoms with E-state index in [9.17, 15) is 24.2 Å². The standard InChI is InChI=1S/C48H86NO8P/c1-3-5-7-9-11-13-15-17-19-21-22-23-24-25-26-28-30-32-34-36-38-40-47(51)49-42-43-56-58(53,54)57-45-46(50)44-55-48(52)41-39-37-35-33-31-29-27-20-18-16-14-12-10-8-6-4-2/h11,13-14,16-17,19-20,22-23,27,46,50H,3-10,12,15,18,21,24-26,28-45H2,1-2H3,(H,49,51)(H,53,54)/b13-11-,16-14-,19-17-,23-22-,27-20-. The molecule has 0 radical (unpaired) electrons. The first-order valence-corrected chi connectivity index (χ1v) is 24.8. The van der Waals surface area contributed by atoms with Gasteiger partial charge in [0, 0.05) is 19.4 Å². The minimum atomic E-state index is -4.43. The Morgan fingerprint density at radius 3 is 1.43 bits per heavy atom. The van der Waals surface area contributed by atoms with Crippen molar-refractivity contribution in [1.82, 2.24) is 5.32 Å². The van der Waals surface area contributed by atoms with Gasteiger partial charge in [-0.25, -0.2) is 4.57 Å². The van der Waals surface area contributed by atoms with Gasteiger partial charge in [-0.2, -0.15) is 0 Å². The lowest BCUT2D eigenvalue weighted by atomic mass is 10.1. The molecular formula is C48H86NO8P. The molecule has 0 fully saturated rings. The number of hydrogen-bond donors (Lipinski definition) is 3. The third-order valence-corrected chi connectivity index (χ3v) is 10.7. The maximum absolute atomic E-state index is 12.1. The second-order valence-corrected chi connectivity index (χ2v) is 16.8. The number of unbranched alkanes of at least 4 members (excludes halogenated alkanes) is 20. The van der Waals surface area contributed by atoms with Crippen molar-refractivity contribution in [3.63, 3.8) is 0 Å². The van der Waals surface area contributed by atoms with Crippen LogP contribution in [0.3, 0.4) is 0 Å². The summed E-state index contributed by atoms with van der Waals surface area (Å²) in [7, 11) is -4.43. The zero-order valence-corrected chi connectivity index (χ0v) is 37.9. The van der Waals surface area contributed by atoms with E-state index in [1.54, 1.807) is 0 Å². The highest BCUT2D eigenvalue weighted by Crippen LogP contribution is 2.42. The van der Waals surface area contributed by atoms with Crippen molar-refractivity contribution in [3.05, 3.63) is 60.8 Å². The Kier molecular flexibility index (Phi) is 42.5. The minimum Gasteiger partial charge on any atom is -0.463 e. The van der Waals surface area contributed by atoms with Crippen molar-refractivity contribution in [1.29, 1.82) is 0 Å². The Balaban J connectivity index is 3.62. The van der Waals surface area contributed by atoms with Crippen molar-refractivity contribution < 1.29 is 37.9 Å². The molecule has 0 bridgehead atoms. The van der Waals surface area contributed by atoms with Crippen LogP contribution in [0, 0.1) is 0 Å². The van der Waals surface area contributed by atoms with Gasteiger partial charge in [0.25, 0.3) is 0 Å². The molecule has 3 N–H and O–H groups in total. The first-order chi connectivity index (χ1) is 28.3. The Morgan fingerprint density at radius 2 is 0.931 bits per heavy atom. The summed E-state index contributed by atoms with van der Waals surface area (Å²) in [5.74, 6) is -0.539. The largest absolute Gasteiger partial charge is 0.472 e. The Hall–Kier alpha value is -2.29. The molecule has 58 heavy (non-hydrogen) atoms. The number of aliphatic hydroxyl groups is 1.